The number of carbonyl (C=O) groups excluding carboxylic acids is 2. The van der Waals surface area contributed by atoms with Gasteiger partial charge in [-0.3, -0.25) is 4.79 Å². The number of ether oxygens (including phenoxy) is 1. The molecule has 0 fully saturated rings. The molecule has 1 rings (SSSR count). The highest BCUT2D eigenvalue weighted by atomic mass is 16.6. The van der Waals surface area contributed by atoms with E-state index in [0.717, 1.165) is 11.3 Å². The van der Waals surface area contributed by atoms with Crippen LogP contribution in [0.4, 0.5) is 10.6 Å². The van der Waals surface area contributed by atoms with Gasteiger partial charge in [0.25, 0.3) is 0 Å². The van der Waals surface area contributed by atoms with E-state index < -0.39 is 11.7 Å². The summed E-state index contributed by atoms with van der Waals surface area (Å²) in [5.41, 5.74) is 1.24. The molecule has 0 bridgehead atoms. The number of amides is 2. The van der Waals surface area contributed by atoms with E-state index in [2.05, 4.69) is 15.6 Å². The quantitative estimate of drug-likeness (QED) is 0.888. The van der Waals surface area contributed by atoms with Crippen LogP contribution in [0, 0.1) is 13.8 Å². The molecule has 6 heteroatoms. The van der Waals surface area contributed by atoms with Gasteiger partial charge in [-0.1, -0.05) is 0 Å². The van der Waals surface area contributed by atoms with Gasteiger partial charge in [-0.15, -0.1) is 0 Å². The smallest absolute Gasteiger partial charge is 0.408 e. The molecule has 110 valence electrons. The van der Waals surface area contributed by atoms with Crippen molar-refractivity contribution in [3.8, 4) is 0 Å². The van der Waals surface area contributed by atoms with Gasteiger partial charge in [-0.25, -0.2) is 9.78 Å². The molecule has 20 heavy (non-hydrogen) atoms. The van der Waals surface area contributed by atoms with Crippen LogP contribution in [0.5, 0.6) is 0 Å². The van der Waals surface area contributed by atoms with E-state index in [-0.39, 0.29) is 12.5 Å². The zero-order valence-electron chi connectivity index (χ0n) is 12.5. The molecular weight excluding hydrogens is 258 g/mol. The maximum absolute atomic E-state index is 11.7. The molecule has 0 saturated heterocycles. The summed E-state index contributed by atoms with van der Waals surface area (Å²) < 4.78 is 5.03. The van der Waals surface area contributed by atoms with Gasteiger partial charge in [0.05, 0.1) is 0 Å². The summed E-state index contributed by atoms with van der Waals surface area (Å²) in [6, 6.07) is 3.67. The SMILES string of the molecule is Cc1cc(C)nc(NC(=O)CNC(=O)OC(C)(C)C)c1. The third kappa shape index (κ3) is 6.17. The molecule has 0 saturated carbocycles. The van der Waals surface area contributed by atoms with Crippen LogP contribution in [-0.4, -0.2) is 29.1 Å². The molecule has 2 N–H and O–H groups in total. The lowest BCUT2D eigenvalue weighted by Gasteiger charge is -2.19. The molecule has 0 unspecified atom stereocenters. The van der Waals surface area contributed by atoms with Gasteiger partial charge in [0.1, 0.15) is 18.0 Å². The van der Waals surface area contributed by atoms with Crippen molar-refractivity contribution < 1.29 is 14.3 Å². The van der Waals surface area contributed by atoms with E-state index in [9.17, 15) is 9.59 Å². The minimum atomic E-state index is -0.624. The lowest BCUT2D eigenvalue weighted by molar-refractivity contribution is -0.115. The Morgan fingerprint density at radius 1 is 1.25 bits per heavy atom. The number of anilines is 1. The number of aromatic nitrogens is 1. The van der Waals surface area contributed by atoms with E-state index in [0.29, 0.717) is 5.82 Å². The predicted molar refractivity (Wildman–Crippen MR) is 76.6 cm³/mol. The molecule has 1 heterocycles. The van der Waals surface area contributed by atoms with Crippen molar-refractivity contribution in [1.82, 2.24) is 10.3 Å². The number of hydrogen-bond donors (Lipinski definition) is 2. The number of carbonyl (C=O) groups is 2. The van der Waals surface area contributed by atoms with Crippen molar-refractivity contribution in [3.05, 3.63) is 23.4 Å². The lowest BCUT2D eigenvalue weighted by atomic mass is 10.2. The summed E-state index contributed by atoms with van der Waals surface area (Å²) in [5.74, 6) is 0.117. The summed E-state index contributed by atoms with van der Waals surface area (Å²) in [4.78, 5) is 27.3. The monoisotopic (exact) mass is 279 g/mol. The van der Waals surface area contributed by atoms with Crippen LogP contribution in [0.1, 0.15) is 32.0 Å². The molecule has 0 spiro atoms. The fraction of sp³-hybridized carbons (Fsp3) is 0.500. The predicted octanol–water partition coefficient (Wildman–Crippen LogP) is 2.16. The Balaban J connectivity index is 2.46. The van der Waals surface area contributed by atoms with Crippen molar-refractivity contribution in [3.63, 3.8) is 0 Å². The normalized spacial score (nSPS) is 10.8. The maximum Gasteiger partial charge on any atom is 0.408 e. The Bertz CT molecular complexity index is 487. The van der Waals surface area contributed by atoms with Crippen LogP contribution in [0.3, 0.4) is 0 Å². The van der Waals surface area contributed by atoms with Crippen LogP contribution in [0.15, 0.2) is 12.1 Å². The lowest BCUT2D eigenvalue weighted by Crippen LogP contribution is -2.37. The first-order chi connectivity index (χ1) is 9.15. The Hall–Kier alpha value is -2.11. The van der Waals surface area contributed by atoms with E-state index in [1.165, 1.54) is 0 Å². The number of pyridine rings is 1. The van der Waals surface area contributed by atoms with Crippen molar-refractivity contribution in [1.29, 1.82) is 0 Å². The van der Waals surface area contributed by atoms with Crippen molar-refractivity contribution in [2.75, 3.05) is 11.9 Å². The van der Waals surface area contributed by atoms with Gasteiger partial charge in [0.2, 0.25) is 5.91 Å². The first-order valence-corrected chi connectivity index (χ1v) is 6.38. The minimum Gasteiger partial charge on any atom is -0.444 e. The number of nitrogens with zero attached hydrogens (tertiary/aromatic N) is 1. The number of hydrogen-bond acceptors (Lipinski definition) is 4. The first kappa shape index (κ1) is 15.9. The fourth-order valence-electron chi connectivity index (χ4n) is 1.56. The van der Waals surface area contributed by atoms with Gasteiger partial charge in [0, 0.05) is 5.69 Å². The molecule has 0 aliphatic rings. The van der Waals surface area contributed by atoms with E-state index in [1.807, 2.05) is 19.9 Å². The van der Waals surface area contributed by atoms with Crippen molar-refractivity contribution >= 4 is 17.8 Å². The highest BCUT2D eigenvalue weighted by molar-refractivity contribution is 5.93. The Labute approximate surface area is 118 Å². The number of nitrogens with one attached hydrogen (secondary N) is 2. The van der Waals surface area contributed by atoms with Crippen LogP contribution in [0.25, 0.3) is 0 Å². The summed E-state index contributed by atoms with van der Waals surface area (Å²) in [5, 5.41) is 5.01. The topological polar surface area (TPSA) is 80.3 Å². The van der Waals surface area contributed by atoms with E-state index >= 15 is 0 Å². The zero-order valence-corrected chi connectivity index (χ0v) is 12.5. The average molecular weight is 279 g/mol. The second kappa shape index (κ2) is 6.36. The minimum absolute atomic E-state index is 0.163. The Morgan fingerprint density at radius 3 is 2.45 bits per heavy atom. The standard InChI is InChI=1S/C14H21N3O3/c1-9-6-10(2)16-11(7-9)17-12(18)8-15-13(19)20-14(3,4)5/h6-7H,8H2,1-5H3,(H,15,19)(H,16,17,18). The van der Waals surface area contributed by atoms with Crippen molar-refractivity contribution in [2.45, 2.75) is 40.2 Å². The summed E-state index contributed by atoms with van der Waals surface area (Å²) in [6.45, 7) is 8.87. The molecule has 1 aromatic heterocycles. The number of alkyl carbamates (subject to hydrolysis) is 1. The second-order valence-electron chi connectivity index (χ2n) is 5.57. The number of rotatable bonds is 3. The van der Waals surface area contributed by atoms with Crippen LogP contribution in [-0.2, 0) is 9.53 Å². The molecule has 0 atom stereocenters. The molecule has 6 nitrogen and oxygen atoms in total. The van der Waals surface area contributed by atoms with Crippen LogP contribution < -0.4 is 10.6 Å². The number of aryl methyl sites for hydroxylation is 2. The Kier molecular flexibility index (Phi) is 5.07. The molecule has 0 aliphatic carbocycles. The van der Waals surface area contributed by atoms with Crippen LogP contribution >= 0.6 is 0 Å². The molecule has 0 radical (unpaired) electrons. The second-order valence-corrected chi connectivity index (χ2v) is 5.57. The third-order valence-electron chi connectivity index (χ3n) is 2.16. The van der Waals surface area contributed by atoms with E-state index in [4.69, 9.17) is 4.74 Å². The zero-order chi connectivity index (χ0) is 15.3. The summed E-state index contributed by atoms with van der Waals surface area (Å²) in [6.07, 6.45) is -0.624. The average Bonchev–Trinajstić information content (AvgIpc) is 2.22. The van der Waals surface area contributed by atoms with Crippen molar-refractivity contribution in [2.24, 2.45) is 0 Å². The molecule has 0 aromatic carbocycles. The van der Waals surface area contributed by atoms with E-state index in [1.54, 1.807) is 26.8 Å². The highest BCUT2D eigenvalue weighted by Gasteiger charge is 2.16. The molecule has 0 aliphatic heterocycles. The largest absolute Gasteiger partial charge is 0.444 e. The van der Waals surface area contributed by atoms with Gasteiger partial charge in [-0.2, -0.15) is 0 Å². The highest BCUT2D eigenvalue weighted by Crippen LogP contribution is 2.09. The molecule has 2 amide bonds. The molecule has 1 aromatic rings. The third-order valence-corrected chi connectivity index (χ3v) is 2.16. The molecular formula is C14H21N3O3. The van der Waals surface area contributed by atoms with Gasteiger partial charge in [0.15, 0.2) is 0 Å². The van der Waals surface area contributed by atoms with Crippen LogP contribution in [0.2, 0.25) is 0 Å². The van der Waals surface area contributed by atoms with Gasteiger partial charge < -0.3 is 15.4 Å². The van der Waals surface area contributed by atoms with Gasteiger partial charge in [-0.05, 0) is 52.3 Å². The fourth-order valence-corrected chi connectivity index (χ4v) is 1.56. The summed E-state index contributed by atoms with van der Waals surface area (Å²) in [7, 11) is 0. The Morgan fingerprint density at radius 2 is 1.90 bits per heavy atom. The first-order valence-electron chi connectivity index (χ1n) is 6.38. The van der Waals surface area contributed by atoms with Gasteiger partial charge >= 0.3 is 6.09 Å². The summed E-state index contributed by atoms with van der Waals surface area (Å²) >= 11 is 0. The maximum atomic E-state index is 11.7.